The number of hydrogen-bond donors (Lipinski definition) is 1. The molecule has 26 heavy (non-hydrogen) atoms. The third kappa shape index (κ3) is 4.13. The fourth-order valence-corrected chi connectivity index (χ4v) is 3.48. The third-order valence-electron chi connectivity index (χ3n) is 5.09. The molecule has 0 aromatic carbocycles. The number of nitrogens with two attached hydrogens (primary N) is 1. The first-order valence-electron chi connectivity index (χ1n) is 8.92. The van der Waals surface area contributed by atoms with Gasteiger partial charge >= 0.3 is 0 Å². The summed E-state index contributed by atoms with van der Waals surface area (Å²) < 4.78 is 1.93. The van der Waals surface area contributed by atoms with Crippen molar-refractivity contribution < 1.29 is 4.79 Å². The number of amides is 1. The lowest BCUT2D eigenvalue weighted by Gasteiger charge is -2.35. The van der Waals surface area contributed by atoms with E-state index < -0.39 is 0 Å². The number of piperidine rings is 1. The van der Waals surface area contributed by atoms with Crippen LogP contribution in [0.15, 0.2) is 12.3 Å². The second kappa shape index (κ2) is 9.53. The van der Waals surface area contributed by atoms with Crippen LogP contribution in [0.1, 0.15) is 61.6 Å². The topological polar surface area (TPSA) is 77.0 Å². The van der Waals surface area contributed by atoms with E-state index in [-0.39, 0.29) is 42.8 Å². The maximum Gasteiger partial charge on any atom is 0.255 e. The van der Waals surface area contributed by atoms with E-state index in [0.717, 1.165) is 49.0 Å². The highest BCUT2D eigenvalue weighted by Crippen LogP contribution is 2.26. The number of nitrogens with zero attached hydrogens (tertiary/aromatic N) is 4. The van der Waals surface area contributed by atoms with E-state index in [9.17, 15) is 4.79 Å². The average molecular weight is 402 g/mol. The van der Waals surface area contributed by atoms with Crippen LogP contribution < -0.4 is 5.73 Å². The van der Waals surface area contributed by atoms with E-state index in [2.05, 4.69) is 23.9 Å². The van der Waals surface area contributed by atoms with Gasteiger partial charge in [-0.1, -0.05) is 6.92 Å². The molecule has 0 bridgehead atoms. The number of carbonyl (C=O) groups is 1. The molecule has 8 heteroatoms. The Morgan fingerprint density at radius 2 is 2.12 bits per heavy atom. The van der Waals surface area contributed by atoms with Crippen molar-refractivity contribution in [1.29, 1.82) is 0 Å². The van der Waals surface area contributed by atoms with Gasteiger partial charge in [0, 0.05) is 24.8 Å². The molecule has 0 spiro atoms. The summed E-state index contributed by atoms with van der Waals surface area (Å²) in [6, 6.07) is 2.28. The lowest BCUT2D eigenvalue weighted by Crippen LogP contribution is -2.47. The number of aryl methyl sites for hydroxylation is 1. The molecule has 1 aliphatic heterocycles. The van der Waals surface area contributed by atoms with E-state index in [4.69, 9.17) is 5.73 Å². The highest BCUT2D eigenvalue weighted by atomic mass is 35.5. The van der Waals surface area contributed by atoms with Crippen molar-refractivity contribution >= 4 is 41.8 Å². The average Bonchev–Trinajstić information content (AvgIpc) is 3.03. The van der Waals surface area contributed by atoms with Crippen LogP contribution in [0.25, 0.3) is 11.0 Å². The fraction of sp³-hybridized carbons (Fsp3) is 0.611. The minimum absolute atomic E-state index is 0. The summed E-state index contributed by atoms with van der Waals surface area (Å²) in [5.41, 5.74) is 8.24. The molecule has 146 valence electrons. The van der Waals surface area contributed by atoms with Gasteiger partial charge in [-0.2, -0.15) is 5.10 Å². The first-order chi connectivity index (χ1) is 11.6. The summed E-state index contributed by atoms with van der Waals surface area (Å²) in [5, 5.41) is 5.33. The molecular formula is C18H29Cl2N5O. The number of rotatable bonds is 4. The molecule has 2 aromatic rings. The molecule has 1 amide bonds. The lowest BCUT2D eigenvalue weighted by atomic mass is 10.00. The van der Waals surface area contributed by atoms with Gasteiger partial charge in [0.25, 0.3) is 5.91 Å². The summed E-state index contributed by atoms with van der Waals surface area (Å²) in [5.74, 6) is 0.0596. The molecular weight excluding hydrogens is 373 g/mol. The Labute approximate surface area is 167 Å². The van der Waals surface area contributed by atoms with Gasteiger partial charge in [-0.05, 0) is 45.6 Å². The number of hydrogen-bond acceptors (Lipinski definition) is 4. The molecule has 0 saturated carbocycles. The molecule has 6 nitrogen and oxygen atoms in total. The van der Waals surface area contributed by atoms with Gasteiger partial charge in [-0.3, -0.25) is 4.79 Å². The predicted octanol–water partition coefficient (Wildman–Crippen LogP) is 3.51. The first-order valence-corrected chi connectivity index (χ1v) is 8.92. The standard InChI is InChI=1S/C18H27N5O.2ClH/c1-4-13(3)23-17-16(11-20-23)15(9-12(2)21-17)18(24)22-8-6-5-7-14(22)10-19;;/h9,11,13-14H,4-8,10,19H2,1-3H3;2*1H. The largest absolute Gasteiger partial charge is 0.334 e. The van der Waals surface area contributed by atoms with E-state index >= 15 is 0 Å². The molecule has 0 aliphatic carbocycles. The SMILES string of the molecule is CCC(C)n1ncc2c(C(=O)N3CCCCC3CN)cc(C)nc21.Cl.Cl. The van der Waals surface area contributed by atoms with Gasteiger partial charge in [-0.15, -0.1) is 24.8 Å². The molecule has 0 radical (unpaired) electrons. The fourth-order valence-electron chi connectivity index (χ4n) is 3.48. The van der Waals surface area contributed by atoms with Gasteiger partial charge in [0.2, 0.25) is 0 Å². The van der Waals surface area contributed by atoms with Crippen LogP contribution in [-0.2, 0) is 0 Å². The summed E-state index contributed by atoms with van der Waals surface area (Å²) in [4.78, 5) is 19.8. The van der Waals surface area contributed by atoms with Crippen LogP contribution in [0, 0.1) is 6.92 Å². The number of carbonyl (C=O) groups excluding carboxylic acids is 1. The van der Waals surface area contributed by atoms with Crippen LogP contribution in [0.5, 0.6) is 0 Å². The Hall–Kier alpha value is -1.37. The molecule has 3 heterocycles. The van der Waals surface area contributed by atoms with Crippen molar-refractivity contribution in [3.8, 4) is 0 Å². The molecule has 1 saturated heterocycles. The molecule has 2 aromatic heterocycles. The Kier molecular flexibility index (Phi) is 8.31. The number of likely N-dealkylation sites (tertiary alicyclic amines) is 1. The quantitative estimate of drug-likeness (QED) is 0.849. The molecule has 2 atom stereocenters. The lowest BCUT2D eigenvalue weighted by molar-refractivity contribution is 0.0625. The van der Waals surface area contributed by atoms with Crippen molar-refractivity contribution in [2.24, 2.45) is 5.73 Å². The van der Waals surface area contributed by atoms with Crippen molar-refractivity contribution in [2.75, 3.05) is 13.1 Å². The smallest absolute Gasteiger partial charge is 0.255 e. The Morgan fingerprint density at radius 1 is 1.38 bits per heavy atom. The first kappa shape index (κ1) is 22.7. The second-order valence-corrected chi connectivity index (χ2v) is 6.78. The number of pyridine rings is 1. The molecule has 3 rings (SSSR count). The summed E-state index contributed by atoms with van der Waals surface area (Å²) >= 11 is 0. The third-order valence-corrected chi connectivity index (χ3v) is 5.09. The van der Waals surface area contributed by atoms with E-state index in [1.54, 1.807) is 6.20 Å². The number of halogens is 2. The summed E-state index contributed by atoms with van der Waals surface area (Å²) in [7, 11) is 0. The van der Waals surface area contributed by atoms with Gasteiger partial charge in [0.1, 0.15) is 0 Å². The van der Waals surface area contributed by atoms with E-state index in [0.29, 0.717) is 12.1 Å². The van der Waals surface area contributed by atoms with Gasteiger partial charge in [0.05, 0.1) is 23.2 Å². The molecule has 2 N–H and O–H groups in total. The maximum atomic E-state index is 13.2. The van der Waals surface area contributed by atoms with Crippen molar-refractivity contribution in [3.63, 3.8) is 0 Å². The molecule has 1 aliphatic rings. The predicted molar refractivity (Wildman–Crippen MR) is 109 cm³/mol. The summed E-state index contributed by atoms with van der Waals surface area (Å²) in [6.45, 7) is 7.47. The monoisotopic (exact) mass is 401 g/mol. The van der Waals surface area contributed by atoms with Crippen LogP contribution in [-0.4, -0.2) is 44.7 Å². The van der Waals surface area contributed by atoms with E-state index in [1.807, 2.05) is 22.6 Å². The highest BCUT2D eigenvalue weighted by molar-refractivity contribution is 6.05. The van der Waals surface area contributed by atoms with Gasteiger partial charge in [0.15, 0.2) is 5.65 Å². The van der Waals surface area contributed by atoms with Crippen molar-refractivity contribution in [2.45, 2.75) is 58.5 Å². The van der Waals surface area contributed by atoms with Gasteiger partial charge in [-0.25, -0.2) is 9.67 Å². The Balaban J connectivity index is 0.00000169. The van der Waals surface area contributed by atoms with Crippen LogP contribution in [0.2, 0.25) is 0 Å². The van der Waals surface area contributed by atoms with E-state index in [1.165, 1.54) is 0 Å². The van der Waals surface area contributed by atoms with Gasteiger partial charge < -0.3 is 10.6 Å². The van der Waals surface area contributed by atoms with Crippen molar-refractivity contribution in [1.82, 2.24) is 19.7 Å². The van der Waals surface area contributed by atoms with Crippen LogP contribution in [0.4, 0.5) is 0 Å². The van der Waals surface area contributed by atoms with Crippen molar-refractivity contribution in [3.05, 3.63) is 23.5 Å². The molecule has 2 unspecified atom stereocenters. The second-order valence-electron chi connectivity index (χ2n) is 6.78. The Bertz CT molecular complexity index is 749. The maximum absolute atomic E-state index is 13.2. The zero-order valence-corrected chi connectivity index (χ0v) is 17.3. The number of aromatic nitrogens is 3. The normalized spacial score (nSPS) is 18.2. The highest BCUT2D eigenvalue weighted by Gasteiger charge is 2.28. The zero-order chi connectivity index (χ0) is 17.3. The van der Waals surface area contributed by atoms with Crippen LogP contribution in [0.3, 0.4) is 0 Å². The van der Waals surface area contributed by atoms with Crippen LogP contribution >= 0.6 is 24.8 Å². The Morgan fingerprint density at radius 3 is 2.77 bits per heavy atom. The zero-order valence-electron chi connectivity index (χ0n) is 15.6. The summed E-state index contributed by atoms with van der Waals surface area (Å²) in [6.07, 6.45) is 5.92. The molecule has 1 fully saturated rings. The minimum atomic E-state index is 0. The number of fused-ring (bicyclic) bond motifs is 1. The minimum Gasteiger partial charge on any atom is -0.334 e.